The van der Waals surface area contributed by atoms with Crippen molar-refractivity contribution in [2.75, 3.05) is 0 Å². The zero-order chi connectivity index (χ0) is 30.5. The first-order valence-corrected chi connectivity index (χ1v) is 15.2. The summed E-state index contributed by atoms with van der Waals surface area (Å²) in [6.45, 7) is 0. The quantitative estimate of drug-likeness (QED) is 0.201. The van der Waals surface area contributed by atoms with Crippen molar-refractivity contribution in [3.8, 4) is 78.7 Å². The lowest BCUT2D eigenvalue weighted by Gasteiger charge is -2.12. The van der Waals surface area contributed by atoms with Gasteiger partial charge in [0.25, 0.3) is 0 Å². The van der Waals surface area contributed by atoms with Gasteiger partial charge in [-0.1, -0.05) is 133 Å². The molecule has 5 heteroatoms. The van der Waals surface area contributed by atoms with Gasteiger partial charge in [-0.3, -0.25) is 0 Å². The zero-order valence-corrected chi connectivity index (χ0v) is 24.7. The summed E-state index contributed by atoms with van der Waals surface area (Å²) in [7, 11) is 0. The van der Waals surface area contributed by atoms with E-state index < -0.39 is 0 Å². The van der Waals surface area contributed by atoms with Crippen LogP contribution in [-0.2, 0) is 0 Å². The van der Waals surface area contributed by atoms with E-state index in [-0.39, 0.29) is 0 Å². The third kappa shape index (κ3) is 4.37. The summed E-state index contributed by atoms with van der Waals surface area (Å²) in [4.78, 5) is 22.6. The number of aromatic nitrogens is 5. The predicted molar refractivity (Wildman–Crippen MR) is 185 cm³/mol. The molecule has 0 spiro atoms. The molecule has 46 heavy (non-hydrogen) atoms. The van der Waals surface area contributed by atoms with Crippen molar-refractivity contribution in [1.29, 1.82) is 0 Å². The molecule has 0 fully saturated rings. The summed E-state index contributed by atoms with van der Waals surface area (Å²) >= 11 is 0. The summed E-state index contributed by atoms with van der Waals surface area (Å²) in [6, 6.07) is 48.9. The molecule has 0 aliphatic heterocycles. The van der Waals surface area contributed by atoms with Crippen molar-refractivity contribution >= 4 is 10.8 Å². The lowest BCUT2D eigenvalue weighted by molar-refractivity contribution is 1.06. The van der Waals surface area contributed by atoms with Crippen molar-refractivity contribution in [2.45, 2.75) is 0 Å². The van der Waals surface area contributed by atoms with Gasteiger partial charge in [0.15, 0.2) is 11.6 Å². The molecule has 214 valence electrons. The normalized spacial score (nSPS) is 11.5. The van der Waals surface area contributed by atoms with E-state index in [2.05, 4.69) is 124 Å². The van der Waals surface area contributed by atoms with E-state index in [1.54, 1.807) is 0 Å². The largest absolute Gasteiger partial charge is 0.228 e. The van der Waals surface area contributed by atoms with E-state index in [1.165, 1.54) is 51.2 Å². The highest BCUT2D eigenvalue weighted by Crippen LogP contribution is 2.49. The van der Waals surface area contributed by atoms with Gasteiger partial charge in [-0.15, -0.1) is 0 Å². The lowest BCUT2D eigenvalue weighted by Crippen LogP contribution is -1.96. The van der Waals surface area contributed by atoms with Gasteiger partial charge in [-0.05, 0) is 50.2 Å². The molecule has 0 amide bonds. The molecular weight excluding hydrogens is 562 g/mol. The molecule has 5 nitrogen and oxygen atoms in total. The third-order valence-electron chi connectivity index (χ3n) is 8.73. The number of nitrogens with zero attached hydrogens (tertiary/aromatic N) is 5. The van der Waals surface area contributed by atoms with E-state index in [0.717, 1.165) is 39.2 Å². The van der Waals surface area contributed by atoms with Crippen molar-refractivity contribution in [3.05, 3.63) is 152 Å². The van der Waals surface area contributed by atoms with Gasteiger partial charge in [-0.2, -0.15) is 0 Å². The summed E-state index contributed by atoms with van der Waals surface area (Å²) in [5.74, 6) is 1.32. The minimum atomic E-state index is 0.639. The monoisotopic (exact) mass is 587 g/mol. The molecule has 2 heterocycles. The SMILES string of the molecule is c1ccc(-c2cc(-c3ccc(-c4ncncn4)cc3)nc(-c3ccc(-c4ccc5c6c(cccc46)-c4ccccc4-5)cc3)n2)cc1. The minimum Gasteiger partial charge on any atom is -0.228 e. The first-order chi connectivity index (χ1) is 22.8. The van der Waals surface area contributed by atoms with E-state index in [9.17, 15) is 0 Å². The predicted octanol–water partition coefficient (Wildman–Crippen LogP) is 9.80. The first-order valence-electron chi connectivity index (χ1n) is 15.2. The Morgan fingerprint density at radius 3 is 1.57 bits per heavy atom. The van der Waals surface area contributed by atoms with Gasteiger partial charge >= 0.3 is 0 Å². The Labute approximate surface area is 266 Å². The second-order valence-corrected chi connectivity index (χ2v) is 11.4. The number of hydrogen-bond donors (Lipinski definition) is 0. The highest BCUT2D eigenvalue weighted by Gasteiger charge is 2.22. The summed E-state index contributed by atoms with van der Waals surface area (Å²) in [5.41, 5.74) is 13.3. The molecule has 6 aromatic carbocycles. The van der Waals surface area contributed by atoms with E-state index >= 15 is 0 Å². The first kappa shape index (κ1) is 26.1. The van der Waals surface area contributed by atoms with Crippen LogP contribution in [0, 0.1) is 0 Å². The maximum Gasteiger partial charge on any atom is 0.162 e. The Balaban J connectivity index is 1.11. The summed E-state index contributed by atoms with van der Waals surface area (Å²) < 4.78 is 0. The molecule has 2 aromatic heterocycles. The van der Waals surface area contributed by atoms with Crippen LogP contribution >= 0.6 is 0 Å². The highest BCUT2D eigenvalue weighted by atomic mass is 15.0. The smallest absolute Gasteiger partial charge is 0.162 e. The Bertz CT molecular complexity index is 2360. The average Bonchev–Trinajstić information content (AvgIpc) is 3.47. The van der Waals surface area contributed by atoms with Crippen LogP contribution in [0.1, 0.15) is 0 Å². The number of hydrogen-bond acceptors (Lipinski definition) is 5. The molecule has 0 unspecified atom stereocenters. The van der Waals surface area contributed by atoms with Gasteiger partial charge in [0, 0.05) is 22.3 Å². The van der Waals surface area contributed by atoms with E-state index in [1.807, 2.05) is 30.3 Å². The van der Waals surface area contributed by atoms with E-state index in [0.29, 0.717) is 11.6 Å². The standard InChI is InChI=1S/C41H25N5/c1-2-7-27(8-3-1)37-23-38(28-15-19-29(20-16-28)40-43-24-42-25-44-40)46-41(45-37)30-17-13-26(14-18-30)31-21-22-36-33-10-5-4-9-32(33)35-12-6-11-34(31)39(35)36/h1-25H. The lowest BCUT2D eigenvalue weighted by atomic mass is 9.94. The van der Waals surface area contributed by atoms with E-state index in [4.69, 9.17) is 9.97 Å². The van der Waals surface area contributed by atoms with Crippen LogP contribution in [-0.4, -0.2) is 24.9 Å². The fraction of sp³-hybridized carbons (Fsp3) is 0. The molecule has 0 N–H and O–H groups in total. The average molecular weight is 588 g/mol. The number of rotatable bonds is 5. The Kier molecular flexibility index (Phi) is 6.06. The molecule has 0 radical (unpaired) electrons. The molecule has 1 aliphatic rings. The second kappa shape index (κ2) is 10.7. The molecular formula is C41H25N5. The zero-order valence-electron chi connectivity index (χ0n) is 24.7. The van der Waals surface area contributed by atoms with Crippen molar-refractivity contribution < 1.29 is 0 Å². The molecule has 0 saturated carbocycles. The van der Waals surface area contributed by atoms with Crippen LogP contribution in [0.3, 0.4) is 0 Å². The van der Waals surface area contributed by atoms with Crippen molar-refractivity contribution in [2.24, 2.45) is 0 Å². The van der Waals surface area contributed by atoms with Crippen LogP contribution in [0.15, 0.2) is 152 Å². The molecule has 0 saturated heterocycles. The fourth-order valence-electron chi connectivity index (χ4n) is 6.52. The van der Waals surface area contributed by atoms with Gasteiger partial charge in [0.1, 0.15) is 12.7 Å². The second-order valence-electron chi connectivity index (χ2n) is 11.4. The van der Waals surface area contributed by atoms with Crippen LogP contribution in [0.25, 0.3) is 89.4 Å². The fourth-order valence-corrected chi connectivity index (χ4v) is 6.52. The Morgan fingerprint density at radius 1 is 0.348 bits per heavy atom. The minimum absolute atomic E-state index is 0.639. The van der Waals surface area contributed by atoms with Gasteiger partial charge < -0.3 is 0 Å². The van der Waals surface area contributed by atoms with Gasteiger partial charge in [0.2, 0.25) is 0 Å². The summed E-state index contributed by atoms with van der Waals surface area (Å²) in [6.07, 6.45) is 3.02. The Hall–Kier alpha value is -6.33. The highest BCUT2D eigenvalue weighted by molar-refractivity contribution is 6.18. The van der Waals surface area contributed by atoms with Gasteiger partial charge in [-0.25, -0.2) is 24.9 Å². The van der Waals surface area contributed by atoms with Gasteiger partial charge in [0.05, 0.1) is 11.4 Å². The maximum absolute atomic E-state index is 5.06. The Morgan fingerprint density at radius 2 is 0.870 bits per heavy atom. The van der Waals surface area contributed by atoms with Crippen LogP contribution in [0.4, 0.5) is 0 Å². The summed E-state index contributed by atoms with van der Waals surface area (Å²) in [5, 5.41) is 2.60. The van der Waals surface area contributed by atoms with Crippen LogP contribution in [0.5, 0.6) is 0 Å². The third-order valence-corrected chi connectivity index (χ3v) is 8.73. The molecule has 8 aromatic rings. The number of fused-ring (bicyclic) bond motifs is 3. The molecule has 9 rings (SSSR count). The molecule has 0 atom stereocenters. The molecule has 1 aliphatic carbocycles. The topological polar surface area (TPSA) is 64.5 Å². The van der Waals surface area contributed by atoms with Crippen LogP contribution < -0.4 is 0 Å². The van der Waals surface area contributed by atoms with Crippen LogP contribution in [0.2, 0.25) is 0 Å². The maximum atomic E-state index is 5.06. The van der Waals surface area contributed by atoms with Crippen molar-refractivity contribution in [3.63, 3.8) is 0 Å². The number of benzene rings is 6. The molecule has 0 bridgehead atoms. The van der Waals surface area contributed by atoms with Crippen molar-refractivity contribution in [1.82, 2.24) is 24.9 Å².